The predicted molar refractivity (Wildman–Crippen MR) is 99.4 cm³/mol. The molecular weight excluding hydrogens is 338 g/mol. The highest BCUT2D eigenvalue weighted by atomic mass is 35.5. The van der Waals surface area contributed by atoms with Crippen molar-refractivity contribution in [2.75, 3.05) is 14.2 Å². The van der Waals surface area contributed by atoms with Crippen molar-refractivity contribution in [3.63, 3.8) is 0 Å². The Morgan fingerprint density at radius 1 is 1.28 bits per heavy atom. The number of aromatic nitrogens is 2. The number of quaternary nitrogens is 1. The molecule has 3 rings (SSSR count). The van der Waals surface area contributed by atoms with Crippen LogP contribution in [0.5, 0.6) is 5.75 Å². The molecular formula is C19H21ClN3O2+. The van der Waals surface area contributed by atoms with Gasteiger partial charge in [-0.1, -0.05) is 23.7 Å². The third kappa shape index (κ3) is 3.67. The molecule has 0 amide bonds. The number of H-pyrrole nitrogens is 1. The van der Waals surface area contributed by atoms with Gasteiger partial charge in [0.2, 0.25) is 0 Å². The quantitative estimate of drug-likeness (QED) is 0.736. The maximum Gasteiger partial charge on any atom is 0.258 e. The number of ether oxygens (including phenoxy) is 1. The molecule has 25 heavy (non-hydrogen) atoms. The van der Waals surface area contributed by atoms with Gasteiger partial charge in [0.05, 0.1) is 25.1 Å². The lowest BCUT2D eigenvalue weighted by Gasteiger charge is -2.22. The van der Waals surface area contributed by atoms with E-state index in [1.54, 1.807) is 13.2 Å². The maximum absolute atomic E-state index is 12.3. The van der Waals surface area contributed by atoms with Crippen molar-refractivity contribution < 1.29 is 9.64 Å². The summed E-state index contributed by atoms with van der Waals surface area (Å²) >= 11 is 6.12. The molecule has 0 aliphatic heterocycles. The molecule has 0 fully saturated rings. The zero-order valence-electron chi connectivity index (χ0n) is 14.5. The van der Waals surface area contributed by atoms with Crippen LogP contribution in [0.1, 0.15) is 24.4 Å². The minimum Gasteiger partial charge on any atom is -0.496 e. The molecule has 5 nitrogen and oxygen atoms in total. The van der Waals surface area contributed by atoms with Crippen LogP contribution < -0.4 is 15.2 Å². The number of halogens is 1. The summed E-state index contributed by atoms with van der Waals surface area (Å²) in [5.41, 5.74) is 1.62. The molecule has 0 saturated carbocycles. The number of benzene rings is 2. The van der Waals surface area contributed by atoms with E-state index < -0.39 is 0 Å². The Kier molecular flexibility index (Phi) is 5.06. The normalized spacial score (nSPS) is 13.6. The Hall–Kier alpha value is -2.37. The summed E-state index contributed by atoms with van der Waals surface area (Å²) in [6, 6.07) is 13.0. The Morgan fingerprint density at radius 3 is 2.80 bits per heavy atom. The molecule has 0 aliphatic rings. The number of rotatable bonds is 5. The van der Waals surface area contributed by atoms with E-state index in [0.717, 1.165) is 11.3 Å². The molecule has 0 spiro atoms. The van der Waals surface area contributed by atoms with Gasteiger partial charge in [-0.15, -0.1) is 0 Å². The van der Waals surface area contributed by atoms with Crippen LogP contribution in [0.2, 0.25) is 5.02 Å². The Balaban J connectivity index is 1.89. The number of hydrogen-bond donors (Lipinski definition) is 2. The van der Waals surface area contributed by atoms with Crippen molar-refractivity contribution in [2.24, 2.45) is 0 Å². The molecule has 1 unspecified atom stereocenters. The number of nitrogens with zero attached hydrogens (tertiary/aromatic N) is 1. The van der Waals surface area contributed by atoms with Gasteiger partial charge in [0, 0.05) is 10.6 Å². The molecule has 6 heteroatoms. The molecule has 2 N–H and O–H groups in total. The lowest BCUT2D eigenvalue weighted by molar-refractivity contribution is -0.924. The largest absolute Gasteiger partial charge is 0.496 e. The zero-order valence-corrected chi connectivity index (χ0v) is 15.2. The van der Waals surface area contributed by atoms with Crippen LogP contribution in [0, 0.1) is 0 Å². The van der Waals surface area contributed by atoms with Crippen molar-refractivity contribution in [2.45, 2.75) is 19.5 Å². The standard InChI is InChI=1S/C19H20ClN3O2/c1-12(18-21-16-7-5-4-6-15(16)19(24)22-18)23(2)11-13-10-14(20)8-9-17(13)25-3/h4-10,12H,11H2,1-3H3,(H,21,22,24)/p+1/t12-/m1/s1. The summed E-state index contributed by atoms with van der Waals surface area (Å²) in [4.78, 5) is 21.0. The predicted octanol–water partition coefficient (Wildman–Crippen LogP) is 2.36. The van der Waals surface area contributed by atoms with Crippen LogP contribution in [-0.2, 0) is 6.54 Å². The molecule has 2 atom stereocenters. The summed E-state index contributed by atoms with van der Waals surface area (Å²) in [6.07, 6.45) is 0. The van der Waals surface area contributed by atoms with E-state index in [0.29, 0.717) is 28.3 Å². The summed E-state index contributed by atoms with van der Waals surface area (Å²) < 4.78 is 5.42. The van der Waals surface area contributed by atoms with E-state index in [4.69, 9.17) is 16.3 Å². The maximum atomic E-state index is 12.3. The first-order valence-electron chi connectivity index (χ1n) is 8.13. The highest BCUT2D eigenvalue weighted by Gasteiger charge is 2.21. The highest BCUT2D eigenvalue weighted by Crippen LogP contribution is 2.22. The van der Waals surface area contributed by atoms with Gasteiger partial charge in [-0.05, 0) is 37.3 Å². The average molecular weight is 359 g/mol. The monoisotopic (exact) mass is 358 g/mol. The third-order valence-corrected chi connectivity index (χ3v) is 4.73. The van der Waals surface area contributed by atoms with E-state index in [1.807, 2.05) is 43.3 Å². The van der Waals surface area contributed by atoms with Gasteiger partial charge in [-0.3, -0.25) is 4.79 Å². The van der Waals surface area contributed by atoms with Crippen LogP contribution >= 0.6 is 11.6 Å². The molecule has 0 aliphatic carbocycles. The first-order valence-corrected chi connectivity index (χ1v) is 8.51. The minimum absolute atomic E-state index is 0.000920. The SMILES string of the molecule is COc1ccc(Cl)cc1C[NH+](C)[C@H](C)c1nc2ccccc2c(=O)[nH]1. The van der Waals surface area contributed by atoms with E-state index in [-0.39, 0.29) is 11.6 Å². The number of fused-ring (bicyclic) bond motifs is 1. The second-order valence-electron chi connectivity index (χ2n) is 6.17. The fourth-order valence-electron chi connectivity index (χ4n) is 2.88. The average Bonchev–Trinajstić information content (AvgIpc) is 2.61. The van der Waals surface area contributed by atoms with E-state index >= 15 is 0 Å². The zero-order chi connectivity index (χ0) is 18.0. The molecule has 1 heterocycles. The van der Waals surface area contributed by atoms with Gasteiger partial charge in [0.25, 0.3) is 5.56 Å². The smallest absolute Gasteiger partial charge is 0.258 e. The fourth-order valence-corrected chi connectivity index (χ4v) is 3.08. The summed E-state index contributed by atoms with van der Waals surface area (Å²) in [6.45, 7) is 2.74. The number of aromatic amines is 1. The number of methoxy groups -OCH3 is 1. The molecule has 3 aromatic rings. The van der Waals surface area contributed by atoms with Gasteiger partial charge in [-0.2, -0.15) is 0 Å². The molecule has 130 valence electrons. The molecule has 0 radical (unpaired) electrons. The number of nitrogens with one attached hydrogen (secondary N) is 2. The molecule has 0 bridgehead atoms. The second kappa shape index (κ2) is 7.25. The van der Waals surface area contributed by atoms with E-state index in [9.17, 15) is 4.79 Å². The molecule has 1 aromatic heterocycles. The first-order chi connectivity index (χ1) is 12.0. The summed E-state index contributed by atoms with van der Waals surface area (Å²) in [5, 5.41) is 1.28. The highest BCUT2D eigenvalue weighted by molar-refractivity contribution is 6.30. The lowest BCUT2D eigenvalue weighted by Crippen LogP contribution is -3.07. The van der Waals surface area contributed by atoms with Gasteiger partial charge >= 0.3 is 0 Å². The van der Waals surface area contributed by atoms with Crippen LogP contribution in [0.15, 0.2) is 47.3 Å². The third-order valence-electron chi connectivity index (χ3n) is 4.49. The van der Waals surface area contributed by atoms with Gasteiger partial charge in [0.1, 0.15) is 18.3 Å². The van der Waals surface area contributed by atoms with Crippen molar-refractivity contribution in [1.29, 1.82) is 0 Å². The Bertz CT molecular complexity index is 955. The fraction of sp³-hybridized carbons (Fsp3) is 0.263. The van der Waals surface area contributed by atoms with Crippen LogP contribution in [-0.4, -0.2) is 24.1 Å². The summed E-state index contributed by atoms with van der Waals surface area (Å²) in [7, 11) is 3.70. The lowest BCUT2D eigenvalue weighted by atomic mass is 10.1. The second-order valence-corrected chi connectivity index (χ2v) is 6.61. The molecule has 2 aromatic carbocycles. The first kappa shape index (κ1) is 17.5. The van der Waals surface area contributed by atoms with Crippen LogP contribution in [0.3, 0.4) is 0 Å². The van der Waals surface area contributed by atoms with Gasteiger partial charge in [0.15, 0.2) is 5.82 Å². The van der Waals surface area contributed by atoms with Crippen molar-refractivity contribution in [3.8, 4) is 5.75 Å². The van der Waals surface area contributed by atoms with Crippen molar-refractivity contribution >= 4 is 22.5 Å². The number of hydrogen-bond acceptors (Lipinski definition) is 3. The Morgan fingerprint density at radius 2 is 2.04 bits per heavy atom. The van der Waals surface area contributed by atoms with E-state index in [1.165, 1.54) is 4.90 Å². The summed E-state index contributed by atoms with van der Waals surface area (Å²) in [5.74, 6) is 1.47. The van der Waals surface area contributed by atoms with Crippen LogP contribution in [0.25, 0.3) is 10.9 Å². The van der Waals surface area contributed by atoms with Crippen molar-refractivity contribution in [1.82, 2.24) is 9.97 Å². The topological polar surface area (TPSA) is 59.4 Å². The van der Waals surface area contributed by atoms with E-state index in [2.05, 4.69) is 17.0 Å². The van der Waals surface area contributed by atoms with Crippen molar-refractivity contribution in [3.05, 3.63) is 69.2 Å². The Labute approximate surface area is 151 Å². The number of para-hydroxylation sites is 1. The minimum atomic E-state index is -0.111. The van der Waals surface area contributed by atoms with Gasteiger partial charge < -0.3 is 14.6 Å². The molecule has 0 saturated heterocycles. The van der Waals surface area contributed by atoms with Crippen LogP contribution in [0.4, 0.5) is 0 Å². The van der Waals surface area contributed by atoms with Gasteiger partial charge in [-0.25, -0.2) is 4.98 Å².